The molecule has 1 aliphatic rings. The van der Waals surface area contributed by atoms with Gasteiger partial charge in [0.15, 0.2) is 0 Å². The van der Waals surface area contributed by atoms with E-state index in [9.17, 15) is 0 Å². The van der Waals surface area contributed by atoms with Crippen molar-refractivity contribution in [2.45, 2.75) is 18.9 Å². The number of nitrogens with zero attached hydrogens (tertiary/aromatic N) is 2. The molecule has 2 rings (SSSR count). The number of rotatable bonds is 2. The van der Waals surface area contributed by atoms with Gasteiger partial charge in [-0.05, 0) is 12.8 Å². The Hall–Kier alpha value is -1.12. The van der Waals surface area contributed by atoms with E-state index in [2.05, 4.69) is 9.97 Å². The van der Waals surface area contributed by atoms with Gasteiger partial charge in [-0.1, -0.05) is 0 Å². The van der Waals surface area contributed by atoms with E-state index in [4.69, 9.17) is 4.74 Å². The predicted molar refractivity (Wildman–Crippen MR) is 35.7 cm³/mol. The minimum Gasteiger partial charge on any atom is -0.473 e. The highest BCUT2D eigenvalue weighted by Gasteiger charge is 2.23. The number of hydrogen-bond donors (Lipinski definition) is 0. The number of aromatic nitrogens is 2. The Balaban J connectivity index is 2.03. The molecular weight excluding hydrogens is 128 g/mol. The lowest BCUT2D eigenvalue weighted by molar-refractivity contribution is 0.289. The average molecular weight is 136 g/mol. The van der Waals surface area contributed by atoms with Crippen molar-refractivity contribution in [2.24, 2.45) is 0 Å². The summed E-state index contributed by atoms with van der Waals surface area (Å²) in [7, 11) is 0. The summed E-state index contributed by atoms with van der Waals surface area (Å²) in [6.45, 7) is 0. The Morgan fingerprint density at radius 3 is 2.90 bits per heavy atom. The van der Waals surface area contributed by atoms with Gasteiger partial charge in [0.25, 0.3) is 0 Å². The second-order valence-electron chi connectivity index (χ2n) is 2.36. The zero-order valence-electron chi connectivity index (χ0n) is 5.53. The van der Waals surface area contributed by atoms with E-state index in [0.717, 1.165) is 12.8 Å². The molecule has 1 aromatic heterocycles. The summed E-state index contributed by atoms with van der Waals surface area (Å²) in [5.41, 5.74) is 0. The molecule has 0 N–H and O–H groups in total. The SMILES string of the molecule is c1cnc(OC2CC2)cn1. The summed E-state index contributed by atoms with van der Waals surface area (Å²) >= 11 is 0. The van der Waals surface area contributed by atoms with Crippen LogP contribution in [0, 0.1) is 0 Å². The van der Waals surface area contributed by atoms with Gasteiger partial charge in [-0.15, -0.1) is 0 Å². The summed E-state index contributed by atoms with van der Waals surface area (Å²) in [6, 6.07) is 0. The quantitative estimate of drug-likeness (QED) is 0.608. The standard InChI is InChI=1S/C7H8N2O/c1-2-6(1)10-7-5-8-3-4-9-7/h3-6H,1-2H2. The van der Waals surface area contributed by atoms with Crippen LogP contribution in [-0.2, 0) is 0 Å². The molecule has 0 aliphatic heterocycles. The van der Waals surface area contributed by atoms with Gasteiger partial charge < -0.3 is 4.74 Å². The topological polar surface area (TPSA) is 35.0 Å². The van der Waals surface area contributed by atoms with Crippen LogP contribution >= 0.6 is 0 Å². The number of hydrogen-bond acceptors (Lipinski definition) is 3. The fraction of sp³-hybridized carbons (Fsp3) is 0.429. The molecule has 0 radical (unpaired) electrons. The van der Waals surface area contributed by atoms with Crippen molar-refractivity contribution in [1.29, 1.82) is 0 Å². The molecule has 1 saturated carbocycles. The van der Waals surface area contributed by atoms with Crippen LogP contribution in [0.4, 0.5) is 0 Å². The van der Waals surface area contributed by atoms with Gasteiger partial charge in [0.2, 0.25) is 5.88 Å². The van der Waals surface area contributed by atoms with E-state index >= 15 is 0 Å². The first-order chi connectivity index (χ1) is 4.95. The maximum Gasteiger partial charge on any atom is 0.232 e. The fourth-order valence-electron chi connectivity index (χ4n) is 0.703. The van der Waals surface area contributed by atoms with E-state index in [1.807, 2.05) is 0 Å². The van der Waals surface area contributed by atoms with Crippen molar-refractivity contribution in [3.8, 4) is 5.88 Å². The van der Waals surface area contributed by atoms with E-state index in [0.29, 0.717) is 12.0 Å². The molecular formula is C7H8N2O. The molecule has 0 bridgehead atoms. The molecule has 52 valence electrons. The second kappa shape index (κ2) is 2.25. The maximum absolute atomic E-state index is 5.35. The molecule has 0 amide bonds. The molecule has 0 saturated heterocycles. The van der Waals surface area contributed by atoms with Gasteiger partial charge in [0, 0.05) is 12.4 Å². The van der Waals surface area contributed by atoms with E-state index < -0.39 is 0 Å². The van der Waals surface area contributed by atoms with Gasteiger partial charge in [-0.2, -0.15) is 0 Å². The van der Waals surface area contributed by atoms with Crippen LogP contribution in [0.5, 0.6) is 5.88 Å². The summed E-state index contributed by atoms with van der Waals surface area (Å²) in [6.07, 6.45) is 7.65. The fourth-order valence-corrected chi connectivity index (χ4v) is 0.703. The lowest BCUT2D eigenvalue weighted by atomic mass is 10.7. The lowest BCUT2D eigenvalue weighted by Gasteiger charge is -1.99. The molecule has 10 heavy (non-hydrogen) atoms. The molecule has 0 unspecified atom stereocenters. The minimum absolute atomic E-state index is 0.414. The third-order valence-electron chi connectivity index (χ3n) is 1.35. The summed E-state index contributed by atoms with van der Waals surface area (Å²) in [5, 5.41) is 0. The predicted octanol–water partition coefficient (Wildman–Crippen LogP) is 1.02. The Labute approximate surface area is 59.1 Å². The molecule has 1 aromatic rings. The monoisotopic (exact) mass is 136 g/mol. The molecule has 3 heteroatoms. The largest absolute Gasteiger partial charge is 0.473 e. The van der Waals surface area contributed by atoms with Crippen LogP contribution in [0.25, 0.3) is 0 Å². The van der Waals surface area contributed by atoms with Crippen LogP contribution in [0.1, 0.15) is 12.8 Å². The molecule has 1 heterocycles. The van der Waals surface area contributed by atoms with Gasteiger partial charge >= 0.3 is 0 Å². The molecule has 1 fully saturated rings. The Kier molecular flexibility index (Phi) is 1.27. The van der Waals surface area contributed by atoms with E-state index in [1.165, 1.54) is 0 Å². The van der Waals surface area contributed by atoms with E-state index in [-0.39, 0.29) is 0 Å². The van der Waals surface area contributed by atoms with Crippen LogP contribution in [-0.4, -0.2) is 16.1 Å². The molecule has 1 aliphatic carbocycles. The zero-order valence-corrected chi connectivity index (χ0v) is 5.53. The highest BCUT2D eigenvalue weighted by Crippen LogP contribution is 2.24. The normalized spacial score (nSPS) is 16.8. The van der Waals surface area contributed by atoms with Crippen LogP contribution in [0.3, 0.4) is 0 Å². The highest BCUT2D eigenvalue weighted by molar-refractivity contribution is 5.03. The molecule has 0 spiro atoms. The smallest absolute Gasteiger partial charge is 0.232 e. The third kappa shape index (κ3) is 1.23. The molecule has 3 nitrogen and oxygen atoms in total. The first-order valence-electron chi connectivity index (χ1n) is 3.38. The lowest BCUT2D eigenvalue weighted by Crippen LogP contribution is -1.97. The van der Waals surface area contributed by atoms with Crippen molar-refractivity contribution < 1.29 is 4.74 Å². The maximum atomic E-state index is 5.35. The molecule has 0 atom stereocenters. The van der Waals surface area contributed by atoms with Gasteiger partial charge in [0.05, 0.1) is 6.20 Å². The van der Waals surface area contributed by atoms with Crippen molar-refractivity contribution in [1.82, 2.24) is 9.97 Å². The van der Waals surface area contributed by atoms with Crippen molar-refractivity contribution in [3.63, 3.8) is 0 Å². The number of ether oxygens (including phenoxy) is 1. The van der Waals surface area contributed by atoms with Crippen molar-refractivity contribution >= 4 is 0 Å². The van der Waals surface area contributed by atoms with Crippen LogP contribution in [0.2, 0.25) is 0 Å². The van der Waals surface area contributed by atoms with Crippen LogP contribution in [0.15, 0.2) is 18.6 Å². The van der Waals surface area contributed by atoms with E-state index in [1.54, 1.807) is 18.6 Å². The Morgan fingerprint density at radius 1 is 1.40 bits per heavy atom. The average Bonchev–Trinajstić information content (AvgIpc) is 2.74. The summed E-state index contributed by atoms with van der Waals surface area (Å²) < 4.78 is 5.35. The van der Waals surface area contributed by atoms with Crippen molar-refractivity contribution in [3.05, 3.63) is 18.6 Å². The van der Waals surface area contributed by atoms with Gasteiger partial charge in [0.1, 0.15) is 6.10 Å². The Morgan fingerprint density at radius 2 is 2.30 bits per heavy atom. The van der Waals surface area contributed by atoms with Gasteiger partial charge in [-0.25, -0.2) is 4.98 Å². The first-order valence-corrected chi connectivity index (χ1v) is 3.38. The van der Waals surface area contributed by atoms with Crippen LogP contribution < -0.4 is 4.74 Å². The summed E-state index contributed by atoms with van der Waals surface area (Å²) in [4.78, 5) is 7.85. The summed E-state index contributed by atoms with van der Waals surface area (Å²) in [5.74, 6) is 0.644. The minimum atomic E-state index is 0.414. The van der Waals surface area contributed by atoms with Gasteiger partial charge in [-0.3, -0.25) is 4.98 Å². The zero-order chi connectivity index (χ0) is 6.81. The molecule has 0 aromatic carbocycles. The third-order valence-corrected chi connectivity index (χ3v) is 1.35. The Bertz CT molecular complexity index is 208. The highest BCUT2D eigenvalue weighted by atomic mass is 16.5. The second-order valence-corrected chi connectivity index (χ2v) is 2.36. The van der Waals surface area contributed by atoms with Crippen molar-refractivity contribution in [2.75, 3.05) is 0 Å². The first kappa shape index (κ1) is 5.65.